The summed E-state index contributed by atoms with van der Waals surface area (Å²) in [5.41, 5.74) is 0. The lowest BCUT2D eigenvalue weighted by molar-refractivity contribution is 0.195. The summed E-state index contributed by atoms with van der Waals surface area (Å²) in [5, 5.41) is 7.12. The van der Waals surface area contributed by atoms with Crippen LogP contribution in [0.1, 0.15) is 39.0 Å². The quantitative estimate of drug-likeness (QED) is 0.658. The molecule has 0 bridgehead atoms. The largest absolute Gasteiger partial charge is 0.383 e. The molecule has 1 heterocycles. The third kappa shape index (κ3) is 6.13. The minimum Gasteiger partial charge on any atom is -0.383 e. The molecule has 1 rings (SSSR count). The summed E-state index contributed by atoms with van der Waals surface area (Å²) >= 11 is 0. The van der Waals surface area contributed by atoms with Gasteiger partial charge in [-0.3, -0.25) is 0 Å². The molecule has 0 aromatic carbocycles. The molecule has 2 atom stereocenters. The van der Waals surface area contributed by atoms with Crippen LogP contribution in [0.25, 0.3) is 0 Å². The van der Waals surface area contributed by atoms with E-state index in [9.17, 15) is 0 Å². The Morgan fingerprint density at radius 3 is 3.07 bits per heavy atom. The predicted octanol–water partition coefficient (Wildman–Crippen LogP) is 1.53. The van der Waals surface area contributed by atoms with Gasteiger partial charge in [0, 0.05) is 25.7 Å². The zero-order valence-corrected chi connectivity index (χ0v) is 10.2. The van der Waals surface area contributed by atoms with Crippen molar-refractivity contribution in [3.63, 3.8) is 0 Å². The van der Waals surface area contributed by atoms with Crippen molar-refractivity contribution < 1.29 is 4.74 Å². The molecule has 0 aliphatic carbocycles. The van der Waals surface area contributed by atoms with Gasteiger partial charge >= 0.3 is 0 Å². The van der Waals surface area contributed by atoms with Gasteiger partial charge < -0.3 is 15.4 Å². The molecule has 90 valence electrons. The van der Waals surface area contributed by atoms with E-state index in [1.54, 1.807) is 7.11 Å². The van der Waals surface area contributed by atoms with E-state index in [2.05, 4.69) is 17.6 Å². The van der Waals surface area contributed by atoms with E-state index in [1.807, 2.05) is 0 Å². The van der Waals surface area contributed by atoms with Crippen LogP contribution in [0.4, 0.5) is 0 Å². The summed E-state index contributed by atoms with van der Waals surface area (Å²) in [6, 6.07) is 1.31. The second-order valence-electron chi connectivity index (χ2n) is 4.58. The molecule has 1 aliphatic heterocycles. The Labute approximate surface area is 94.0 Å². The first kappa shape index (κ1) is 12.9. The van der Waals surface area contributed by atoms with Crippen LogP contribution in [0.5, 0.6) is 0 Å². The number of hydrogen-bond acceptors (Lipinski definition) is 3. The van der Waals surface area contributed by atoms with Crippen molar-refractivity contribution in [3.05, 3.63) is 0 Å². The first-order chi connectivity index (χ1) is 7.33. The summed E-state index contributed by atoms with van der Waals surface area (Å²) in [6.07, 6.45) is 6.72. The zero-order chi connectivity index (χ0) is 10.9. The van der Waals surface area contributed by atoms with Gasteiger partial charge in [0.1, 0.15) is 0 Å². The second kappa shape index (κ2) is 8.08. The third-order valence-electron chi connectivity index (χ3n) is 3.10. The van der Waals surface area contributed by atoms with Gasteiger partial charge in [-0.15, -0.1) is 0 Å². The van der Waals surface area contributed by atoms with Crippen LogP contribution in [-0.2, 0) is 4.74 Å². The van der Waals surface area contributed by atoms with Crippen molar-refractivity contribution in [2.75, 3.05) is 26.8 Å². The Hall–Kier alpha value is -0.120. The highest BCUT2D eigenvalue weighted by Gasteiger charge is 2.14. The lowest BCUT2D eigenvalue weighted by Crippen LogP contribution is -2.37. The second-order valence-corrected chi connectivity index (χ2v) is 4.58. The minimum atomic E-state index is 0.593. The Bertz CT molecular complexity index is 145. The van der Waals surface area contributed by atoms with Crippen molar-refractivity contribution in [2.24, 2.45) is 0 Å². The molecular weight excluding hydrogens is 188 g/mol. The van der Waals surface area contributed by atoms with E-state index in [1.165, 1.54) is 38.6 Å². The highest BCUT2D eigenvalue weighted by Crippen LogP contribution is 2.12. The topological polar surface area (TPSA) is 33.3 Å². The van der Waals surface area contributed by atoms with Gasteiger partial charge in [0.25, 0.3) is 0 Å². The van der Waals surface area contributed by atoms with Crippen LogP contribution in [0.15, 0.2) is 0 Å². The van der Waals surface area contributed by atoms with E-state index < -0.39 is 0 Å². The number of nitrogens with one attached hydrogen (secondary N) is 2. The van der Waals surface area contributed by atoms with E-state index in [0.717, 1.165) is 19.2 Å². The lowest BCUT2D eigenvalue weighted by atomic mass is 10.0. The first-order valence-electron chi connectivity index (χ1n) is 6.28. The van der Waals surface area contributed by atoms with E-state index in [0.29, 0.717) is 6.04 Å². The maximum Gasteiger partial charge on any atom is 0.0587 e. The molecular formula is C12H26N2O. The molecule has 0 saturated carbocycles. The standard InChI is InChI=1S/C12H26N2O/c1-11(13-8-9-15-2)10-12-6-4-3-5-7-14-12/h11-14H,3-10H2,1-2H3. The maximum atomic E-state index is 5.02. The van der Waals surface area contributed by atoms with Crippen LogP contribution < -0.4 is 10.6 Å². The monoisotopic (exact) mass is 214 g/mol. The molecule has 2 N–H and O–H groups in total. The average Bonchev–Trinajstić information content (AvgIpc) is 2.47. The van der Waals surface area contributed by atoms with Gasteiger partial charge in [-0.1, -0.05) is 12.8 Å². The Morgan fingerprint density at radius 2 is 2.27 bits per heavy atom. The first-order valence-corrected chi connectivity index (χ1v) is 6.28. The fourth-order valence-electron chi connectivity index (χ4n) is 2.22. The van der Waals surface area contributed by atoms with Gasteiger partial charge in [-0.25, -0.2) is 0 Å². The van der Waals surface area contributed by atoms with Gasteiger partial charge in [-0.2, -0.15) is 0 Å². The Kier molecular flexibility index (Phi) is 6.98. The fourth-order valence-corrected chi connectivity index (χ4v) is 2.22. The minimum absolute atomic E-state index is 0.593. The van der Waals surface area contributed by atoms with Crippen LogP contribution in [0.3, 0.4) is 0 Å². The van der Waals surface area contributed by atoms with Crippen LogP contribution in [-0.4, -0.2) is 38.9 Å². The highest BCUT2D eigenvalue weighted by atomic mass is 16.5. The van der Waals surface area contributed by atoms with Gasteiger partial charge in [0.15, 0.2) is 0 Å². The molecule has 0 radical (unpaired) electrons. The Balaban J connectivity index is 2.09. The zero-order valence-electron chi connectivity index (χ0n) is 10.2. The summed E-state index contributed by atoms with van der Waals surface area (Å²) in [4.78, 5) is 0. The normalized spacial score (nSPS) is 24.8. The molecule has 1 saturated heterocycles. The molecule has 0 amide bonds. The number of ether oxygens (including phenoxy) is 1. The number of methoxy groups -OCH3 is 1. The van der Waals surface area contributed by atoms with Crippen molar-refractivity contribution >= 4 is 0 Å². The summed E-state index contributed by atoms with van der Waals surface area (Å²) in [7, 11) is 1.75. The van der Waals surface area contributed by atoms with E-state index in [4.69, 9.17) is 4.74 Å². The van der Waals surface area contributed by atoms with Crippen molar-refractivity contribution in [2.45, 2.75) is 51.1 Å². The van der Waals surface area contributed by atoms with E-state index >= 15 is 0 Å². The molecule has 1 fully saturated rings. The molecule has 3 heteroatoms. The third-order valence-corrected chi connectivity index (χ3v) is 3.10. The number of rotatable bonds is 6. The van der Waals surface area contributed by atoms with Crippen molar-refractivity contribution in [1.29, 1.82) is 0 Å². The predicted molar refractivity (Wildman–Crippen MR) is 64.2 cm³/mol. The van der Waals surface area contributed by atoms with E-state index in [-0.39, 0.29) is 0 Å². The van der Waals surface area contributed by atoms with Crippen molar-refractivity contribution in [1.82, 2.24) is 10.6 Å². The molecule has 15 heavy (non-hydrogen) atoms. The molecule has 2 unspecified atom stereocenters. The fraction of sp³-hybridized carbons (Fsp3) is 1.00. The lowest BCUT2D eigenvalue weighted by Gasteiger charge is -2.21. The van der Waals surface area contributed by atoms with Crippen LogP contribution in [0, 0.1) is 0 Å². The number of hydrogen-bond donors (Lipinski definition) is 2. The van der Waals surface area contributed by atoms with Crippen LogP contribution >= 0.6 is 0 Å². The average molecular weight is 214 g/mol. The molecule has 0 aromatic heterocycles. The summed E-state index contributed by atoms with van der Waals surface area (Å²) < 4.78 is 5.02. The van der Waals surface area contributed by atoms with Gasteiger partial charge in [-0.05, 0) is 32.7 Å². The maximum absolute atomic E-state index is 5.02. The summed E-state index contributed by atoms with van der Waals surface area (Å²) in [6.45, 7) is 5.24. The highest BCUT2D eigenvalue weighted by molar-refractivity contribution is 4.75. The molecule has 3 nitrogen and oxygen atoms in total. The Morgan fingerprint density at radius 1 is 1.40 bits per heavy atom. The van der Waals surface area contributed by atoms with Crippen molar-refractivity contribution in [3.8, 4) is 0 Å². The van der Waals surface area contributed by atoms with Gasteiger partial charge in [0.2, 0.25) is 0 Å². The molecule has 0 spiro atoms. The molecule has 1 aliphatic rings. The molecule has 0 aromatic rings. The summed E-state index contributed by atoms with van der Waals surface area (Å²) in [5.74, 6) is 0. The smallest absolute Gasteiger partial charge is 0.0587 e. The van der Waals surface area contributed by atoms with Crippen LogP contribution in [0.2, 0.25) is 0 Å². The van der Waals surface area contributed by atoms with Gasteiger partial charge in [0.05, 0.1) is 6.61 Å². The SMILES string of the molecule is COCCNC(C)CC1CCCCCN1.